The summed E-state index contributed by atoms with van der Waals surface area (Å²) in [6.07, 6.45) is 0.800. The minimum absolute atomic E-state index is 0.118. The monoisotopic (exact) mass is 215 g/mol. The number of fused-ring (bicyclic) bond motifs is 2. The molecule has 1 aromatic carbocycles. The van der Waals surface area contributed by atoms with E-state index in [1.165, 1.54) is 0 Å². The van der Waals surface area contributed by atoms with Crippen molar-refractivity contribution in [3.05, 3.63) is 45.2 Å². The lowest BCUT2D eigenvalue weighted by atomic mass is 10.0. The number of pyridine rings is 1. The van der Waals surface area contributed by atoms with Crippen LogP contribution in [0.2, 0.25) is 0 Å². The van der Waals surface area contributed by atoms with Crippen LogP contribution in [0.1, 0.15) is 16.8 Å². The maximum absolute atomic E-state index is 12.2. The lowest BCUT2D eigenvalue weighted by molar-refractivity contribution is 0.109. The summed E-state index contributed by atoms with van der Waals surface area (Å²) in [6.45, 7) is 3.15. The van der Waals surface area contributed by atoms with Crippen LogP contribution in [0.5, 0.6) is 0 Å². The van der Waals surface area contributed by atoms with Crippen molar-refractivity contribution in [1.29, 1.82) is 0 Å². The van der Waals surface area contributed by atoms with Gasteiger partial charge in [-0.3, -0.25) is 4.79 Å². The van der Waals surface area contributed by atoms with Gasteiger partial charge in [0.2, 0.25) is 0 Å². The molecule has 3 heteroatoms. The molecule has 2 heterocycles. The Balaban J connectivity index is 2.44. The van der Waals surface area contributed by atoms with Gasteiger partial charge in [0.25, 0.3) is 0 Å². The van der Waals surface area contributed by atoms with Gasteiger partial charge in [0.15, 0.2) is 5.43 Å². The molecule has 0 amide bonds. The third kappa shape index (κ3) is 1.28. The van der Waals surface area contributed by atoms with Gasteiger partial charge in [0.1, 0.15) is 0 Å². The number of ether oxygens (including phenoxy) is 1. The molecule has 0 spiro atoms. The van der Waals surface area contributed by atoms with Crippen LogP contribution in [-0.4, -0.2) is 11.6 Å². The number of H-pyrrole nitrogens is 1. The van der Waals surface area contributed by atoms with Crippen molar-refractivity contribution in [3.8, 4) is 0 Å². The zero-order chi connectivity index (χ0) is 11.1. The summed E-state index contributed by atoms with van der Waals surface area (Å²) in [7, 11) is 0. The zero-order valence-corrected chi connectivity index (χ0v) is 9.17. The highest BCUT2D eigenvalue weighted by Crippen LogP contribution is 2.18. The first-order chi connectivity index (χ1) is 7.77. The van der Waals surface area contributed by atoms with E-state index in [9.17, 15) is 4.79 Å². The van der Waals surface area contributed by atoms with Gasteiger partial charge in [-0.1, -0.05) is 12.1 Å². The van der Waals surface area contributed by atoms with Crippen LogP contribution in [0.3, 0.4) is 0 Å². The standard InChI is InChI=1S/C13H13NO2/c1-8-3-2-4-9-12(8)14-11-5-6-16-7-10(11)13(9)15/h2-4H,5-7H2,1H3,(H,14,15). The molecule has 0 saturated carbocycles. The van der Waals surface area contributed by atoms with Gasteiger partial charge in [-0.25, -0.2) is 0 Å². The number of aromatic nitrogens is 1. The predicted molar refractivity (Wildman–Crippen MR) is 62.7 cm³/mol. The van der Waals surface area contributed by atoms with Gasteiger partial charge in [-0.2, -0.15) is 0 Å². The fourth-order valence-corrected chi connectivity index (χ4v) is 2.26. The molecule has 1 aromatic heterocycles. The molecule has 0 saturated heterocycles. The Kier molecular flexibility index (Phi) is 2.07. The van der Waals surface area contributed by atoms with Crippen molar-refractivity contribution in [3.63, 3.8) is 0 Å². The van der Waals surface area contributed by atoms with E-state index >= 15 is 0 Å². The first-order valence-corrected chi connectivity index (χ1v) is 5.48. The molecular formula is C13H13NO2. The molecule has 2 aromatic rings. The molecule has 0 unspecified atom stereocenters. The van der Waals surface area contributed by atoms with Crippen molar-refractivity contribution in [2.75, 3.05) is 6.61 Å². The predicted octanol–water partition coefficient (Wildman–Crippen LogP) is 1.91. The topological polar surface area (TPSA) is 42.1 Å². The number of para-hydroxylation sites is 1. The maximum atomic E-state index is 12.2. The fraction of sp³-hybridized carbons (Fsp3) is 0.308. The highest BCUT2D eigenvalue weighted by molar-refractivity contribution is 5.82. The molecule has 1 aliphatic heterocycles. The lowest BCUT2D eigenvalue weighted by Crippen LogP contribution is -2.21. The van der Waals surface area contributed by atoms with Crippen LogP contribution in [0.25, 0.3) is 10.9 Å². The molecule has 1 aliphatic rings. The van der Waals surface area contributed by atoms with E-state index in [0.29, 0.717) is 13.2 Å². The van der Waals surface area contributed by atoms with Crippen LogP contribution in [-0.2, 0) is 17.8 Å². The Morgan fingerprint density at radius 3 is 3.12 bits per heavy atom. The minimum atomic E-state index is 0.118. The minimum Gasteiger partial charge on any atom is -0.376 e. The van der Waals surface area contributed by atoms with Crippen LogP contribution in [0.15, 0.2) is 23.0 Å². The summed E-state index contributed by atoms with van der Waals surface area (Å²) in [6, 6.07) is 5.81. The van der Waals surface area contributed by atoms with E-state index in [2.05, 4.69) is 4.98 Å². The van der Waals surface area contributed by atoms with Crippen LogP contribution in [0.4, 0.5) is 0 Å². The molecule has 0 bridgehead atoms. The largest absolute Gasteiger partial charge is 0.376 e. The van der Waals surface area contributed by atoms with Crippen LogP contribution >= 0.6 is 0 Å². The first kappa shape index (κ1) is 9.60. The van der Waals surface area contributed by atoms with Gasteiger partial charge in [-0.05, 0) is 18.6 Å². The zero-order valence-electron chi connectivity index (χ0n) is 9.17. The summed E-state index contributed by atoms with van der Waals surface area (Å²) < 4.78 is 5.34. The maximum Gasteiger partial charge on any atom is 0.195 e. The Morgan fingerprint density at radius 2 is 2.25 bits per heavy atom. The Hall–Kier alpha value is -1.61. The quantitative estimate of drug-likeness (QED) is 0.729. The third-order valence-corrected chi connectivity index (χ3v) is 3.17. The summed E-state index contributed by atoms with van der Waals surface area (Å²) in [4.78, 5) is 15.6. The average molecular weight is 215 g/mol. The van der Waals surface area contributed by atoms with Gasteiger partial charge in [0.05, 0.1) is 18.7 Å². The number of aromatic amines is 1. The van der Waals surface area contributed by atoms with Crippen molar-refractivity contribution in [1.82, 2.24) is 4.98 Å². The summed E-state index contributed by atoms with van der Waals surface area (Å²) in [5.74, 6) is 0. The Labute approximate surface area is 93.1 Å². The molecule has 3 rings (SSSR count). The molecule has 1 N–H and O–H groups in total. The number of nitrogens with one attached hydrogen (secondary N) is 1. The van der Waals surface area contributed by atoms with Crippen molar-refractivity contribution >= 4 is 10.9 Å². The summed E-state index contributed by atoms with van der Waals surface area (Å²) >= 11 is 0. The Bertz CT molecular complexity index is 613. The summed E-state index contributed by atoms with van der Waals surface area (Å²) in [5.41, 5.74) is 4.03. The van der Waals surface area contributed by atoms with Crippen LogP contribution < -0.4 is 5.43 Å². The fourth-order valence-electron chi connectivity index (χ4n) is 2.26. The number of aryl methyl sites for hydroxylation is 1. The molecular weight excluding hydrogens is 202 g/mol. The average Bonchev–Trinajstić information content (AvgIpc) is 2.31. The second-order valence-corrected chi connectivity index (χ2v) is 4.21. The van der Waals surface area contributed by atoms with Crippen molar-refractivity contribution < 1.29 is 4.74 Å². The number of hydrogen-bond acceptors (Lipinski definition) is 2. The third-order valence-electron chi connectivity index (χ3n) is 3.17. The molecule has 3 nitrogen and oxygen atoms in total. The van der Waals surface area contributed by atoms with Gasteiger partial charge >= 0.3 is 0 Å². The van der Waals surface area contributed by atoms with E-state index in [-0.39, 0.29) is 5.43 Å². The molecule has 0 fully saturated rings. The smallest absolute Gasteiger partial charge is 0.195 e. The highest BCUT2D eigenvalue weighted by atomic mass is 16.5. The van der Waals surface area contributed by atoms with Crippen molar-refractivity contribution in [2.45, 2.75) is 20.0 Å². The second kappa shape index (κ2) is 3.46. The molecule has 82 valence electrons. The second-order valence-electron chi connectivity index (χ2n) is 4.21. The molecule has 0 radical (unpaired) electrons. The van der Waals surface area contributed by atoms with Gasteiger partial charge < -0.3 is 9.72 Å². The number of hydrogen-bond donors (Lipinski definition) is 1. The Morgan fingerprint density at radius 1 is 1.38 bits per heavy atom. The van der Waals surface area contributed by atoms with Gasteiger partial charge in [0, 0.05) is 23.1 Å². The normalized spacial score (nSPS) is 15.1. The molecule has 16 heavy (non-hydrogen) atoms. The van der Waals surface area contributed by atoms with Crippen molar-refractivity contribution in [2.24, 2.45) is 0 Å². The lowest BCUT2D eigenvalue weighted by Gasteiger charge is -2.17. The van der Waals surface area contributed by atoms with E-state index < -0.39 is 0 Å². The van der Waals surface area contributed by atoms with Gasteiger partial charge in [-0.15, -0.1) is 0 Å². The summed E-state index contributed by atoms with van der Waals surface area (Å²) in [5, 5.41) is 0.768. The first-order valence-electron chi connectivity index (χ1n) is 5.48. The van der Waals surface area contributed by atoms with E-state index in [1.54, 1.807) is 0 Å². The SMILES string of the molecule is Cc1cccc2c(=O)c3c([nH]c12)CCOC3. The molecule has 0 aliphatic carbocycles. The number of benzene rings is 1. The van der Waals surface area contributed by atoms with E-state index in [1.807, 2.05) is 25.1 Å². The van der Waals surface area contributed by atoms with E-state index in [4.69, 9.17) is 4.74 Å². The van der Waals surface area contributed by atoms with Crippen LogP contribution in [0, 0.1) is 6.92 Å². The molecule has 0 atom stereocenters. The highest BCUT2D eigenvalue weighted by Gasteiger charge is 2.16. The van der Waals surface area contributed by atoms with E-state index in [0.717, 1.165) is 34.1 Å². The number of rotatable bonds is 0.